The van der Waals surface area contributed by atoms with E-state index in [1.807, 2.05) is 7.05 Å². The fourth-order valence-corrected chi connectivity index (χ4v) is 5.36. The van der Waals surface area contributed by atoms with Gasteiger partial charge < -0.3 is 15.5 Å². The van der Waals surface area contributed by atoms with Crippen LogP contribution in [0.3, 0.4) is 0 Å². The lowest BCUT2D eigenvalue weighted by Crippen LogP contribution is -2.45. The molecule has 0 radical (unpaired) electrons. The lowest BCUT2D eigenvalue weighted by Gasteiger charge is -2.34. The number of nitrogens with one attached hydrogen (secondary N) is 2. The van der Waals surface area contributed by atoms with Crippen LogP contribution in [0.1, 0.15) is 50.2 Å². The van der Waals surface area contributed by atoms with Crippen molar-refractivity contribution in [3.8, 4) is 0 Å². The van der Waals surface area contributed by atoms with E-state index in [1.165, 1.54) is 82.5 Å². The second-order valence-corrected chi connectivity index (χ2v) is 9.52. The maximum atomic E-state index is 4.46. The number of rotatable bonds is 7. The molecule has 0 spiro atoms. The molecule has 2 heterocycles. The highest BCUT2D eigenvalue weighted by atomic mass is 15.3. The van der Waals surface area contributed by atoms with Crippen LogP contribution in [0, 0.1) is 0 Å². The molecular formula is C25H42N6. The lowest BCUT2D eigenvalue weighted by atomic mass is 10.1. The number of likely N-dealkylation sites (tertiary alicyclic amines) is 1. The molecule has 3 aliphatic rings. The monoisotopic (exact) mass is 426 g/mol. The Morgan fingerprint density at radius 2 is 1.61 bits per heavy atom. The van der Waals surface area contributed by atoms with Gasteiger partial charge in [-0.1, -0.05) is 44.0 Å². The average Bonchev–Trinajstić information content (AvgIpc) is 3.50. The van der Waals surface area contributed by atoms with Gasteiger partial charge in [0.1, 0.15) is 0 Å². The van der Waals surface area contributed by atoms with E-state index in [-0.39, 0.29) is 0 Å². The lowest BCUT2D eigenvalue weighted by molar-refractivity contribution is 0.132. The molecule has 2 N–H and O–H groups in total. The Balaban J connectivity index is 1.18. The number of guanidine groups is 1. The summed E-state index contributed by atoms with van der Waals surface area (Å²) in [6, 6.07) is 10.4. The molecule has 2 aliphatic heterocycles. The Hall–Kier alpha value is -1.63. The number of hydrogen-bond donors (Lipinski definition) is 2. The summed E-state index contributed by atoms with van der Waals surface area (Å²) in [5.74, 6) is 0.927. The molecule has 3 fully saturated rings. The molecule has 1 saturated carbocycles. The summed E-state index contributed by atoms with van der Waals surface area (Å²) in [6.07, 6.45) is 6.83. The largest absolute Gasteiger partial charge is 0.352 e. The minimum absolute atomic E-state index is 0.516. The molecule has 1 aromatic carbocycles. The van der Waals surface area contributed by atoms with Crippen molar-refractivity contribution in [3.63, 3.8) is 0 Å². The molecule has 6 nitrogen and oxygen atoms in total. The number of hydrogen-bond acceptors (Lipinski definition) is 4. The van der Waals surface area contributed by atoms with Gasteiger partial charge >= 0.3 is 0 Å². The molecule has 1 aromatic rings. The van der Waals surface area contributed by atoms with Crippen LogP contribution < -0.4 is 10.6 Å². The quantitative estimate of drug-likeness (QED) is 0.518. The molecule has 0 aromatic heterocycles. The third kappa shape index (κ3) is 6.43. The van der Waals surface area contributed by atoms with Crippen molar-refractivity contribution in [2.45, 2.75) is 64.2 Å². The maximum Gasteiger partial charge on any atom is 0.191 e. The maximum absolute atomic E-state index is 4.46. The van der Waals surface area contributed by atoms with Gasteiger partial charge in [0.15, 0.2) is 5.96 Å². The smallest absolute Gasteiger partial charge is 0.191 e. The van der Waals surface area contributed by atoms with Gasteiger partial charge in [-0.2, -0.15) is 0 Å². The summed E-state index contributed by atoms with van der Waals surface area (Å²) in [5.41, 5.74) is 2.72. The van der Waals surface area contributed by atoms with Crippen LogP contribution >= 0.6 is 0 Å². The predicted molar refractivity (Wildman–Crippen MR) is 129 cm³/mol. The SMILES string of the molecule is CCN1CCN(Cc2ccc(CNC(=NC)NC3CCN(C4CCCC4)C3)cc2)CC1. The number of nitrogens with zero attached hydrogens (tertiary/aromatic N) is 4. The number of benzene rings is 1. The first-order chi connectivity index (χ1) is 15.2. The number of piperazine rings is 1. The zero-order chi connectivity index (χ0) is 21.5. The fourth-order valence-electron chi connectivity index (χ4n) is 5.36. The number of likely N-dealkylation sites (N-methyl/N-ethyl adjacent to an activating group) is 1. The summed E-state index contributed by atoms with van der Waals surface area (Å²) in [7, 11) is 1.88. The van der Waals surface area contributed by atoms with Gasteiger partial charge in [-0.05, 0) is 36.9 Å². The average molecular weight is 427 g/mol. The Kier molecular flexibility index (Phi) is 8.22. The second-order valence-electron chi connectivity index (χ2n) is 9.52. The van der Waals surface area contributed by atoms with Crippen molar-refractivity contribution in [1.29, 1.82) is 0 Å². The summed E-state index contributed by atoms with van der Waals surface area (Å²) in [5, 5.41) is 7.16. The van der Waals surface area contributed by atoms with Crippen molar-refractivity contribution in [2.75, 3.05) is 52.9 Å². The van der Waals surface area contributed by atoms with Gasteiger partial charge in [0.2, 0.25) is 0 Å². The van der Waals surface area contributed by atoms with Crippen molar-refractivity contribution in [3.05, 3.63) is 35.4 Å². The standard InChI is InChI=1S/C25H42N6/c1-3-29-14-16-30(17-15-29)19-22-10-8-21(9-11-22)18-27-25(26-2)28-23-12-13-31(20-23)24-6-4-5-7-24/h8-11,23-24H,3-7,12-20H2,1-2H3,(H2,26,27,28). The second kappa shape index (κ2) is 11.3. The van der Waals surface area contributed by atoms with E-state index in [9.17, 15) is 0 Å². The Labute approximate surface area is 189 Å². The Morgan fingerprint density at radius 3 is 2.29 bits per heavy atom. The first kappa shape index (κ1) is 22.6. The van der Waals surface area contributed by atoms with Gasteiger partial charge in [-0.3, -0.25) is 14.8 Å². The minimum Gasteiger partial charge on any atom is -0.352 e. The molecule has 1 atom stereocenters. The molecule has 6 heteroatoms. The molecular weight excluding hydrogens is 384 g/mol. The first-order valence-corrected chi connectivity index (χ1v) is 12.5. The van der Waals surface area contributed by atoms with Gasteiger partial charge in [0.25, 0.3) is 0 Å². The van der Waals surface area contributed by atoms with Gasteiger partial charge in [-0.15, -0.1) is 0 Å². The third-order valence-corrected chi connectivity index (χ3v) is 7.43. The van der Waals surface area contributed by atoms with Crippen molar-refractivity contribution in [2.24, 2.45) is 4.99 Å². The third-order valence-electron chi connectivity index (χ3n) is 7.43. The molecule has 172 valence electrons. The zero-order valence-corrected chi connectivity index (χ0v) is 19.7. The normalized spacial score (nSPS) is 24.7. The van der Waals surface area contributed by atoms with E-state index < -0.39 is 0 Å². The first-order valence-electron chi connectivity index (χ1n) is 12.5. The summed E-state index contributed by atoms with van der Waals surface area (Å²) in [6.45, 7) is 12.5. The van der Waals surface area contributed by atoms with Crippen LogP contribution in [0.4, 0.5) is 0 Å². The Bertz CT molecular complexity index is 688. The van der Waals surface area contributed by atoms with Crippen molar-refractivity contribution >= 4 is 5.96 Å². The topological polar surface area (TPSA) is 46.1 Å². The predicted octanol–water partition coefficient (Wildman–Crippen LogP) is 2.51. The van der Waals surface area contributed by atoms with E-state index in [4.69, 9.17) is 0 Å². The summed E-state index contributed by atoms with van der Waals surface area (Å²) >= 11 is 0. The highest BCUT2D eigenvalue weighted by Gasteiger charge is 2.30. The van der Waals surface area contributed by atoms with Crippen LogP contribution in [-0.2, 0) is 13.1 Å². The van der Waals surface area contributed by atoms with Crippen LogP contribution in [0.2, 0.25) is 0 Å². The van der Waals surface area contributed by atoms with Gasteiger partial charge in [0, 0.05) is 71.5 Å². The van der Waals surface area contributed by atoms with Crippen LogP contribution in [0.15, 0.2) is 29.3 Å². The van der Waals surface area contributed by atoms with E-state index in [1.54, 1.807) is 0 Å². The summed E-state index contributed by atoms with van der Waals surface area (Å²) < 4.78 is 0. The van der Waals surface area contributed by atoms with E-state index in [0.717, 1.165) is 31.6 Å². The van der Waals surface area contributed by atoms with Crippen LogP contribution in [0.5, 0.6) is 0 Å². The molecule has 31 heavy (non-hydrogen) atoms. The van der Waals surface area contributed by atoms with E-state index >= 15 is 0 Å². The number of aliphatic imine (C=N–C) groups is 1. The van der Waals surface area contributed by atoms with Crippen LogP contribution in [-0.4, -0.2) is 85.6 Å². The van der Waals surface area contributed by atoms with Crippen molar-refractivity contribution in [1.82, 2.24) is 25.3 Å². The minimum atomic E-state index is 0.516. The fraction of sp³-hybridized carbons (Fsp3) is 0.720. The molecule has 1 aliphatic carbocycles. The van der Waals surface area contributed by atoms with Gasteiger partial charge in [0.05, 0.1) is 0 Å². The molecule has 1 unspecified atom stereocenters. The van der Waals surface area contributed by atoms with Crippen molar-refractivity contribution < 1.29 is 0 Å². The molecule has 0 bridgehead atoms. The van der Waals surface area contributed by atoms with E-state index in [0.29, 0.717) is 6.04 Å². The molecule has 0 amide bonds. The highest BCUT2D eigenvalue weighted by molar-refractivity contribution is 5.80. The van der Waals surface area contributed by atoms with Crippen LogP contribution in [0.25, 0.3) is 0 Å². The zero-order valence-electron chi connectivity index (χ0n) is 19.7. The van der Waals surface area contributed by atoms with Gasteiger partial charge in [-0.25, -0.2) is 0 Å². The summed E-state index contributed by atoms with van der Waals surface area (Å²) in [4.78, 5) is 12.3. The van der Waals surface area contributed by atoms with E-state index in [2.05, 4.69) is 61.5 Å². The molecule has 2 saturated heterocycles. The molecule has 4 rings (SSSR count). The Morgan fingerprint density at radius 1 is 0.935 bits per heavy atom. The highest BCUT2D eigenvalue weighted by Crippen LogP contribution is 2.26.